The Labute approximate surface area is 127 Å². The molecule has 0 bridgehead atoms. The van der Waals surface area contributed by atoms with Crippen molar-refractivity contribution in [3.05, 3.63) is 0 Å². The van der Waals surface area contributed by atoms with Crippen molar-refractivity contribution in [1.82, 2.24) is 4.90 Å². The van der Waals surface area contributed by atoms with Gasteiger partial charge in [-0.15, -0.1) is 0 Å². The van der Waals surface area contributed by atoms with Crippen LogP contribution >= 0.6 is 15.2 Å². The fourth-order valence-electron chi connectivity index (χ4n) is 2.52. The highest BCUT2D eigenvalue weighted by Gasteiger charge is 2.61. The first-order valence-corrected chi connectivity index (χ1v) is 10.5. The molecule has 0 aliphatic rings. The molecule has 7 nitrogen and oxygen atoms in total. The summed E-state index contributed by atoms with van der Waals surface area (Å²) in [7, 11) is -7.39. The summed E-state index contributed by atoms with van der Waals surface area (Å²) >= 11 is 0. The molecule has 0 radical (unpaired) electrons. The monoisotopic (exact) mass is 345 g/mol. The summed E-state index contributed by atoms with van der Waals surface area (Å²) in [6, 6.07) is 0. The molecule has 4 N–H and O–H groups in total. The predicted octanol–water partition coefficient (Wildman–Crippen LogP) is 2.70. The average Bonchev–Trinajstić information content (AvgIpc) is 2.28. The van der Waals surface area contributed by atoms with Crippen molar-refractivity contribution >= 4 is 15.2 Å². The third kappa shape index (κ3) is 5.76. The Kier molecular flexibility index (Phi) is 8.89. The van der Waals surface area contributed by atoms with Crippen molar-refractivity contribution in [3.63, 3.8) is 0 Å². The van der Waals surface area contributed by atoms with E-state index in [0.29, 0.717) is 12.8 Å². The van der Waals surface area contributed by atoms with E-state index >= 15 is 0 Å². The van der Waals surface area contributed by atoms with Crippen LogP contribution in [0.2, 0.25) is 0 Å². The Morgan fingerprint density at radius 2 is 1.19 bits per heavy atom. The lowest BCUT2D eigenvalue weighted by Crippen LogP contribution is -2.43. The zero-order valence-electron chi connectivity index (χ0n) is 13.1. The van der Waals surface area contributed by atoms with Crippen LogP contribution in [-0.2, 0) is 9.13 Å². The molecule has 0 spiro atoms. The molecule has 0 rings (SSSR count). The summed E-state index contributed by atoms with van der Waals surface area (Å²) in [5, 5.41) is -2.41. The van der Waals surface area contributed by atoms with Gasteiger partial charge in [0, 0.05) is 0 Å². The van der Waals surface area contributed by atoms with E-state index in [4.69, 9.17) is 0 Å². The second-order valence-electron chi connectivity index (χ2n) is 5.63. The average molecular weight is 345 g/mol. The van der Waals surface area contributed by atoms with Crippen LogP contribution in [0.25, 0.3) is 0 Å². The normalized spacial score (nSPS) is 13.9. The highest BCUT2D eigenvalue weighted by Crippen LogP contribution is 2.71. The summed E-state index contributed by atoms with van der Waals surface area (Å²) in [6.45, 7) is 2.12. The van der Waals surface area contributed by atoms with Crippen molar-refractivity contribution in [3.8, 4) is 0 Å². The SMILES string of the molecule is CCCCCCCCCC(N(C)C)(P(=O)(O)O)P(=O)(O)O. The third-order valence-corrected chi connectivity index (χ3v) is 8.44. The van der Waals surface area contributed by atoms with Crippen LogP contribution in [-0.4, -0.2) is 43.6 Å². The van der Waals surface area contributed by atoms with Crippen molar-refractivity contribution in [2.75, 3.05) is 14.1 Å². The highest BCUT2D eigenvalue weighted by molar-refractivity contribution is 7.72. The molecule has 9 heteroatoms. The maximum Gasteiger partial charge on any atom is 0.358 e. The van der Waals surface area contributed by atoms with Crippen LogP contribution in [0.4, 0.5) is 0 Å². The molecule has 0 fully saturated rings. The van der Waals surface area contributed by atoms with Crippen LogP contribution in [0.3, 0.4) is 0 Å². The summed E-state index contributed by atoms with van der Waals surface area (Å²) < 4.78 is 23.4. The molecule has 128 valence electrons. The standard InChI is InChI=1S/C12H29NO6P2/c1-4-5-6-7-8-9-10-11-12(13(2)3,20(14,15)16)21(17,18)19/h4-11H2,1-3H3,(H2,14,15,16)(H2,17,18,19). The van der Waals surface area contributed by atoms with Gasteiger partial charge < -0.3 is 19.6 Å². The van der Waals surface area contributed by atoms with Crippen molar-refractivity contribution in [2.24, 2.45) is 0 Å². The zero-order valence-corrected chi connectivity index (χ0v) is 14.9. The van der Waals surface area contributed by atoms with Crippen LogP contribution in [0, 0.1) is 0 Å². The van der Waals surface area contributed by atoms with E-state index in [0.717, 1.165) is 37.0 Å². The van der Waals surface area contributed by atoms with Crippen LogP contribution in [0.1, 0.15) is 58.3 Å². The molecule has 0 aromatic carbocycles. The number of hydrogen-bond donors (Lipinski definition) is 4. The number of hydrogen-bond acceptors (Lipinski definition) is 3. The Balaban J connectivity index is 4.73. The van der Waals surface area contributed by atoms with Crippen LogP contribution < -0.4 is 0 Å². The molecule has 0 aliphatic heterocycles. The van der Waals surface area contributed by atoms with Gasteiger partial charge in [0.2, 0.25) is 5.02 Å². The lowest BCUT2D eigenvalue weighted by Gasteiger charge is -2.39. The van der Waals surface area contributed by atoms with E-state index in [-0.39, 0.29) is 6.42 Å². The van der Waals surface area contributed by atoms with E-state index in [9.17, 15) is 28.7 Å². The zero-order chi connectivity index (χ0) is 16.7. The van der Waals surface area contributed by atoms with Gasteiger partial charge in [0.15, 0.2) is 0 Å². The van der Waals surface area contributed by atoms with Crippen LogP contribution in [0.15, 0.2) is 0 Å². The maximum atomic E-state index is 11.7. The predicted molar refractivity (Wildman–Crippen MR) is 83.1 cm³/mol. The molecule has 0 heterocycles. The van der Waals surface area contributed by atoms with Gasteiger partial charge in [-0.05, 0) is 20.5 Å². The molecule has 0 aliphatic carbocycles. The Bertz CT molecular complexity index is 367. The molecule has 21 heavy (non-hydrogen) atoms. The Hall–Kier alpha value is 0.260. The Morgan fingerprint density at radius 1 is 0.810 bits per heavy atom. The highest BCUT2D eigenvalue weighted by atomic mass is 31.2. The minimum Gasteiger partial charge on any atom is -0.323 e. The van der Waals surface area contributed by atoms with Gasteiger partial charge >= 0.3 is 15.2 Å². The van der Waals surface area contributed by atoms with Gasteiger partial charge in [0.1, 0.15) is 0 Å². The number of unbranched alkanes of at least 4 members (excludes halogenated alkanes) is 6. The van der Waals surface area contributed by atoms with Gasteiger partial charge in [0.05, 0.1) is 0 Å². The number of rotatable bonds is 11. The molecular formula is C12H29NO6P2. The minimum absolute atomic E-state index is 0.220. The smallest absolute Gasteiger partial charge is 0.323 e. The largest absolute Gasteiger partial charge is 0.358 e. The quantitative estimate of drug-likeness (QED) is 0.336. The van der Waals surface area contributed by atoms with E-state index in [1.165, 1.54) is 14.1 Å². The molecular weight excluding hydrogens is 316 g/mol. The first kappa shape index (κ1) is 21.3. The van der Waals surface area contributed by atoms with E-state index in [1.807, 2.05) is 0 Å². The molecule has 0 aromatic heterocycles. The maximum absolute atomic E-state index is 11.7. The van der Waals surface area contributed by atoms with Crippen molar-refractivity contribution in [1.29, 1.82) is 0 Å². The molecule has 0 aromatic rings. The lowest BCUT2D eigenvalue weighted by atomic mass is 10.1. The number of nitrogens with zero attached hydrogens (tertiary/aromatic N) is 1. The molecule has 0 saturated heterocycles. The third-order valence-electron chi connectivity index (χ3n) is 3.76. The molecule has 0 unspecified atom stereocenters. The van der Waals surface area contributed by atoms with E-state index < -0.39 is 20.2 Å². The fraction of sp³-hybridized carbons (Fsp3) is 1.00. The summed E-state index contributed by atoms with van der Waals surface area (Å²) in [4.78, 5) is 38.9. The molecule has 0 amide bonds. The van der Waals surface area contributed by atoms with Gasteiger partial charge in [-0.2, -0.15) is 0 Å². The topological polar surface area (TPSA) is 118 Å². The van der Waals surface area contributed by atoms with Crippen molar-refractivity contribution < 1.29 is 28.7 Å². The van der Waals surface area contributed by atoms with Gasteiger partial charge in [-0.25, -0.2) is 0 Å². The van der Waals surface area contributed by atoms with E-state index in [1.54, 1.807) is 0 Å². The molecule has 0 saturated carbocycles. The minimum atomic E-state index is -4.99. The second-order valence-corrected chi connectivity index (χ2v) is 9.64. The van der Waals surface area contributed by atoms with Gasteiger partial charge in [-0.1, -0.05) is 51.9 Å². The summed E-state index contributed by atoms with van der Waals surface area (Å²) in [5.74, 6) is 0. The summed E-state index contributed by atoms with van der Waals surface area (Å²) in [5.41, 5.74) is 0. The van der Waals surface area contributed by atoms with Crippen molar-refractivity contribution in [2.45, 2.75) is 63.3 Å². The lowest BCUT2D eigenvalue weighted by molar-refractivity contribution is 0.199. The van der Waals surface area contributed by atoms with Crippen LogP contribution in [0.5, 0.6) is 0 Å². The van der Waals surface area contributed by atoms with E-state index in [2.05, 4.69) is 6.92 Å². The van der Waals surface area contributed by atoms with Gasteiger partial charge in [-0.3, -0.25) is 14.0 Å². The Morgan fingerprint density at radius 3 is 1.52 bits per heavy atom. The molecule has 0 atom stereocenters. The first-order valence-electron chi connectivity index (χ1n) is 7.29. The first-order chi connectivity index (χ1) is 9.50. The fourth-order valence-corrected chi connectivity index (χ4v) is 5.82. The van der Waals surface area contributed by atoms with Gasteiger partial charge in [0.25, 0.3) is 0 Å². The second kappa shape index (κ2) is 8.78. The summed E-state index contributed by atoms with van der Waals surface area (Å²) in [6.07, 6.45) is 6.22.